The largest absolute Gasteiger partial charge is 0.287 e. The van der Waals surface area contributed by atoms with Crippen molar-refractivity contribution in [2.75, 3.05) is 5.73 Å². The molecule has 0 spiro atoms. The Bertz CT molecular complexity index is 218. The highest BCUT2D eigenvalue weighted by Gasteiger charge is 1.95. The van der Waals surface area contributed by atoms with E-state index in [0.717, 1.165) is 5.82 Å². The number of rotatable bonds is 0. The summed E-state index contributed by atoms with van der Waals surface area (Å²) in [4.78, 5) is 0. The van der Waals surface area contributed by atoms with Gasteiger partial charge in [0.05, 0.1) is 13.2 Å². The van der Waals surface area contributed by atoms with Crippen LogP contribution in [0.15, 0.2) is 18.3 Å². The normalized spacial score (nSPS) is 9.56. The molecular weight excluding hydrogens is 112 g/mol. The first-order valence-corrected chi connectivity index (χ1v) is 2.92. The number of nitrogen functional groups attached to an aromatic ring is 1. The maximum atomic E-state index is 5.58. The zero-order valence-electron chi connectivity index (χ0n) is 5.76. The Morgan fingerprint density at radius 1 is 1.56 bits per heavy atom. The Morgan fingerprint density at radius 2 is 2.22 bits per heavy atom. The van der Waals surface area contributed by atoms with Crippen molar-refractivity contribution in [1.82, 2.24) is 0 Å². The molecule has 1 rings (SSSR count). The lowest BCUT2D eigenvalue weighted by Gasteiger charge is -1.94. The number of nitrogens with zero attached hydrogens (tertiary/aromatic N) is 1. The zero-order chi connectivity index (χ0) is 6.85. The second kappa shape index (κ2) is 2.05. The topological polar surface area (TPSA) is 29.9 Å². The average Bonchev–Trinajstić information content (AvgIpc) is 1.80. The van der Waals surface area contributed by atoms with Crippen LogP contribution in [0, 0.1) is 6.92 Å². The first-order valence-electron chi connectivity index (χ1n) is 2.92. The number of nitrogens with two attached hydrogens (primary N) is 1. The minimum Gasteiger partial charge on any atom is -0.287 e. The van der Waals surface area contributed by atoms with Gasteiger partial charge < -0.3 is 0 Å². The highest BCUT2D eigenvalue weighted by molar-refractivity contribution is 5.25. The van der Waals surface area contributed by atoms with Gasteiger partial charge in [-0.25, -0.2) is 4.57 Å². The number of aromatic nitrogens is 1. The van der Waals surface area contributed by atoms with Crippen LogP contribution >= 0.6 is 0 Å². The van der Waals surface area contributed by atoms with Gasteiger partial charge in [-0.2, -0.15) is 0 Å². The summed E-state index contributed by atoms with van der Waals surface area (Å²) >= 11 is 0. The highest BCUT2D eigenvalue weighted by Crippen LogP contribution is 1.96. The fraction of sp³-hybridized carbons (Fsp3) is 0.286. The van der Waals surface area contributed by atoms with Crippen molar-refractivity contribution in [3.63, 3.8) is 0 Å². The van der Waals surface area contributed by atoms with Gasteiger partial charge in [0.15, 0.2) is 0 Å². The van der Waals surface area contributed by atoms with Crippen molar-refractivity contribution in [3.05, 3.63) is 23.9 Å². The van der Waals surface area contributed by atoms with Gasteiger partial charge in [-0.05, 0) is 18.6 Å². The van der Waals surface area contributed by atoms with Crippen LogP contribution in [0.5, 0.6) is 0 Å². The molecule has 0 atom stereocenters. The fourth-order valence-electron chi connectivity index (χ4n) is 0.699. The van der Waals surface area contributed by atoms with Gasteiger partial charge in [0.1, 0.15) is 0 Å². The molecule has 48 valence electrons. The van der Waals surface area contributed by atoms with Crippen molar-refractivity contribution in [2.45, 2.75) is 6.92 Å². The van der Waals surface area contributed by atoms with Crippen LogP contribution in [0.4, 0.5) is 5.82 Å². The molecule has 0 aliphatic rings. The Hall–Kier alpha value is -1.05. The van der Waals surface area contributed by atoms with Crippen LogP contribution in [0.1, 0.15) is 5.56 Å². The van der Waals surface area contributed by atoms with E-state index in [1.54, 1.807) is 0 Å². The van der Waals surface area contributed by atoms with Crippen LogP contribution in [0.3, 0.4) is 0 Å². The number of anilines is 1. The molecule has 0 fully saturated rings. The molecule has 2 nitrogen and oxygen atoms in total. The molecule has 0 bridgehead atoms. The zero-order valence-corrected chi connectivity index (χ0v) is 5.76. The number of hydrogen-bond donors (Lipinski definition) is 1. The van der Waals surface area contributed by atoms with E-state index in [0.29, 0.717) is 0 Å². The van der Waals surface area contributed by atoms with Crippen molar-refractivity contribution >= 4 is 5.82 Å². The number of aryl methyl sites for hydroxylation is 2. The van der Waals surface area contributed by atoms with Crippen molar-refractivity contribution in [2.24, 2.45) is 7.05 Å². The van der Waals surface area contributed by atoms with E-state index in [9.17, 15) is 0 Å². The van der Waals surface area contributed by atoms with Gasteiger partial charge in [-0.3, -0.25) is 5.73 Å². The summed E-state index contributed by atoms with van der Waals surface area (Å²) in [5.41, 5.74) is 6.78. The summed E-state index contributed by atoms with van der Waals surface area (Å²) in [6, 6.07) is 3.97. The van der Waals surface area contributed by atoms with Crippen molar-refractivity contribution < 1.29 is 4.57 Å². The predicted octanol–water partition coefficient (Wildman–Crippen LogP) is 0.402. The lowest BCUT2D eigenvalue weighted by molar-refractivity contribution is -0.656. The third kappa shape index (κ3) is 1.19. The summed E-state index contributed by atoms with van der Waals surface area (Å²) in [5.74, 6) is 0.801. The van der Waals surface area contributed by atoms with E-state index in [1.165, 1.54) is 5.56 Å². The van der Waals surface area contributed by atoms with E-state index in [4.69, 9.17) is 5.73 Å². The Balaban J connectivity index is 3.17. The van der Waals surface area contributed by atoms with E-state index in [2.05, 4.69) is 0 Å². The first kappa shape index (κ1) is 6.08. The van der Waals surface area contributed by atoms with E-state index < -0.39 is 0 Å². The van der Waals surface area contributed by atoms with Crippen LogP contribution in [0.25, 0.3) is 0 Å². The quantitative estimate of drug-likeness (QED) is 0.497. The average molecular weight is 123 g/mol. The molecule has 0 amide bonds. The van der Waals surface area contributed by atoms with Gasteiger partial charge in [0, 0.05) is 6.07 Å². The molecule has 0 saturated heterocycles. The highest BCUT2D eigenvalue weighted by atomic mass is 15.0. The molecule has 0 aromatic carbocycles. The lowest BCUT2D eigenvalue weighted by atomic mass is 10.3. The van der Waals surface area contributed by atoms with E-state index in [-0.39, 0.29) is 0 Å². The van der Waals surface area contributed by atoms with Crippen molar-refractivity contribution in [3.8, 4) is 0 Å². The summed E-state index contributed by atoms with van der Waals surface area (Å²) in [6.45, 7) is 2.02. The SMILES string of the molecule is Cc1cc[n+](C)c(N)c1. The summed E-state index contributed by atoms with van der Waals surface area (Å²) in [7, 11) is 1.93. The third-order valence-corrected chi connectivity index (χ3v) is 1.34. The van der Waals surface area contributed by atoms with Crippen LogP contribution in [-0.4, -0.2) is 0 Å². The van der Waals surface area contributed by atoms with Gasteiger partial charge >= 0.3 is 0 Å². The molecule has 0 unspecified atom stereocenters. The van der Waals surface area contributed by atoms with Gasteiger partial charge in [-0.1, -0.05) is 0 Å². The van der Waals surface area contributed by atoms with E-state index >= 15 is 0 Å². The van der Waals surface area contributed by atoms with Gasteiger partial charge in [0.2, 0.25) is 0 Å². The molecule has 0 aliphatic carbocycles. The van der Waals surface area contributed by atoms with Crippen LogP contribution in [0.2, 0.25) is 0 Å². The molecule has 1 heterocycles. The Morgan fingerprint density at radius 3 is 2.67 bits per heavy atom. The van der Waals surface area contributed by atoms with Crippen LogP contribution < -0.4 is 10.3 Å². The van der Waals surface area contributed by atoms with Gasteiger partial charge in [0.25, 0.3) is 5.82 Å². The van der Waals surface area contributed by atoms with Crippen molar-refractivity contribution in [1.29, 1.82) is 0 Å². The second-order valence-electron chi connectivity index (χ2n) is 2.24. The molecule has 0 aliphatic heterocycles. The second-order valence-corrected chi connectivity index (χ2v) is 2.24. The number of pyridine rings is 1. The third-order valence-electron chi connectivity index (χ3n) is 1.34. The molecule has 1 aromatic rings. The molecule has 0 radical (unpaired) electrons. The molecule has 2 N–H and O–H groups in total. The molecule has 9 heavy (non-hydrogen) atoms. The minimum absolute atomic E-state index is 0.801. The Kier molecular flexibility index (Phi) is 1.39. The smallest absolute Gasteiger partial charge is 0.272 e. The lowest BCUT2D eigenvalue weighted by Crippen LogP contribution is -2.31. The first-order chi connectivity index (χ1) is 4.20. The molecule has 0 saturated carbocycles. The summed E-state index contributed by atoms with van der Waals surface area (Å²) in [5, 5.41) is 0. The maximum absolute atomic E-state index is 5.58. The fourth-order valence-corrected chi connectivity index (χ4v) is 0.699. The Labute approximate surface area is 54.9 Å². The summed E-state index contributed by atoms with van der Waals surface area (Å²) in [6.07, 6.45) is 1.95. The van der Waals surface area contributed by atoms with Crippen LogP contribution in [-0.2, 0) is 7.05 Å². The number of hydrogen-bond acceptors (Lipinski definition) is 1. The monoisotopic (exact) mass is 123 g/mol. The van der Waals surface area contributed by atoms with Gasteiger partial charge in [-0.15, -0.1) is 0 Å². The van der Waals surface area contributed by atoms with E-state index in [1.807, 2.05) is 36.9 Å². The molecule has 1 aromatic heterocycles. The molecule has 2 heteroatoms. The maximum Gasteiger partial charge on any atom is 0.272 e. The standard InChI is InChI=1S/C7H10N2/c1-6-3-4-9(2)7(8)5-6/h3-5,8H,1-2H3/p+1. The minimum atomic E-state index is 0.801. The molecular formula is C7H11N2+. The summed E-state index contributed by atoms with van der Waals surface area (Å²) < 4.78 is 1.88. The predicted molar refractivity (Wildman–Crippen MR) is 36.8 cm³/mol.